The van der Waals surface area contributed by atoms with E-state index in [0.717, 1.165) is 17.8 Å². The molecule has 2 aromatic heterocycles. The zero-order chi connectivity index (χ0) is 15.2. The summed E-state index contributed by atoms with van der Waals surface area (Å²) in [7, 11) is 0. The molecule has 0 aliphatic rings. The Labute approximate surface area is 129 Å². The average molecular weight is 325 g/mol. The molecule has 0 aliphatic carbocycles. The maximum Gasteiger partial charge on any atom is 0.251 e. The molecule has 0 aromatic carbocycles. The molecule has 0 bridgehead atoms. The van der Waals surface area contributed by atoms with Gasteiger partial charge in [0, 0.05) is 18.2 Å². The van der Waals surface area contributed by atoms with Gasteiger partial charge in [-0.05, 0) is 13.3 Å². The highest BCUT2D eigenvalue weighted by Gasteiger charge is 2.09. The predicted molar refractivity (Wildman–Crippen MR) is 82.9 cm³/mol. The number of H-pyrrole nitrogens is 1. The van der Waals surface area contributed by atoms with Crippen molar-refractivity contribution in [3.05, 3.63) is 27.1 Å². The van der Waals surface area contributed by atoms with Gasteiger partial charge in [0.25, 0.3) is 5.56 Å². The van der Waals surface area contributed by atoms with Gasteiger partial charge in [-0.1, -0.05) is 30.0 Å². The van der Waals surface area contributed by atoms with Gasteiger partial charge in [-0.2, -0.15) is 0 Å². The Morgan fingerprint density at radius 2 is 2.29 bits per heavy atom. The molecule has 0 spiro atoms. The second kappa shape index (κ2) is 7.32. The molecule has 9 heteroatoms. The number of amides is 1. The molecule has 1 amide bonds. The van der Waals surface area contributed by atoms with E-state index < -0.39 is 0 Å². The standard InChI is InChI=1S/C12H15N5O2S2/c1-3-4-10-16-17-12(21-10)15-9(19)6-20-11-13-7(2)5-8(18)14-11/h5H,3-4,6H2,1-2H3,(H,13,14,18)(H,15,17,19). The van der Waals surface area contributed by atoms with Crippen LogP contribution in [0.15, 0.2) is 16.0 Å². The van der Waals surface area contributed by atoms with Gasteiger partial charge >= 0.3 is 0 Å². The number of carbonyl (C=O) groups is 1. The summed E-state index contributed by atoms with van der Waals surface area (Å²) in [6.45, 7) is 3.79. The van der Waals surface area contributed by atoms with Gasteiger partial charge < -0.3 is 4.98 Å². The summed E-state index contributed by atoms with van der Waals surface area (Å²) in [6.07, 6.45) is 1.85. The van der Waals surface area contributed by atoms with E-state index in [9.17, 15) is 9.59 Å². The van der Waals surface area contributed by atoms with E-state index in [1.165, 1.54) is 29.2 Å². The molecule has 0 aliphatic heterocycles. The van der Waals surface area contributed by atoms with Crippen LogP contribution in [-0.2, 0) is 11.2 Å². The van der Waals surface area contributed by atoms with Crippen LogP contribution in [0.3, 0.4) is 0 Å². The first-order valence-electron chi connectivity index (χ1n) is 6.40. The molecule has 0 unspecified atom stereocenters. The Bertz CT molecular complexity index is 682. The molecular weight excluding hydrogens is 310 g/mol. The fraction of sp³-hybridized carbons (Fsp3) is 0.417. The van der Waals surface area contributed by atoms with Crippen molar-refractivity contribution in [2.75, 3.05) is 11.1 Å². The Hall–Kier alpha value is -1.74. The third kappa shape index (κ3) is 4.94. The minimum absolute atomic E-state index is 0.148. The first-order valence-corrected chi connectivity index (χ1v) is 8.20. The molecule has 2 rings (SSSR count). The Morgan fingerprint density at radius 3 is 3.00 bits per heavy atom. The van der Waals surface area contributed by atoms with Crippen LogP contribution in [0.1, 0.15) is 24.0 Å². The van der Waals surface area contributed by atoms with Gasteiger partial charge in [0.15, 0.2) is 5.16 Å². The SMILES string of the molecule is CCCc1nnc(NC(=O)CSc2nc(C)cc(=O)[nH]2)s1. The number of thioether (sulfide) groups is 1. The van der Waals surface area contributed by atoms with Crippen molar-refractivity contribution in [1.29, 1.82) is 0 Å². The van der Waals surface area contributed by atoms with E-state index in [4.69, 9.17) is 0 Å². The number of nitrogens with zero attached hydrogens (tertiary/aromatic N) is 3. The topological polar surface area (TPSA) is 101 Å². The zero-order valence-electron chi connectivity index (χ0n) is 11.7. The molecule has 0 atom stereocenters. The number of aromatic amines is 1. The highest BCUT2D eigenvalue weighted by molar-refractivity contribution is 7.99. The van der Waals surface area contributed by atoms with Gasteiger partial charge in [0.05, 0.1) is 5.75 Å². The van der Waals surface area contributed by atoms with E-state index >= 15 is 0 Å². The summed E-state index contributed by atoms with van der Waals surface area (Å²) in [5, 5.41) is 12.4. The minimum atomic E-state index is -0.223. The summed E-state index contributed by atoms with van der Waals surface area (Å²) in [4.78, 5) is 29.8. The third-order valence-corrected chi connectivity index (χ3v) is 4.14. The van der Waals surface area contributed by atoms with Crippen molar-refractivity contribution in [3.63, 3.8) is 0 Å². The van der Waals surface area contributed by atoms with E-state index in [1.54, 1.807) is 6.92 Å². The van der Waals surface area contributed by atoms with Gasteiger partial charge in [0.2, 0.25) is 11.0 Å². The monoisotopic (exact) mass is 325 g/mol. The fourth-order valence-corrected chi connectivity index (χ4v) is 3.11. The number of anilines is 1. The van der Waals surface area contributed by atoms with Crippen molar-refractivity contribution in [2.45, 2.75) is 31.8 Å². The molecule has 0 saturated carbocycles. The normalized spacial score (nSPS) is 10.6. The van der Waals surface area contributed by atoms with Crippen LogP contribution in [0.5, 0.6) is 0 Å². The molecule has 0 radical (unpaired) electrons. The van der Waals surface area contributed by atoms with Crippen LogP contribution >= 0.6 is 23.1 Å². The molecule has 0 fully saturated rings. The van der Waals surface area contributed by atoms with E-state index in [1.807, 2.05) is 0 Å². The van der Waals surface area contributed by atoms with Crippen molar-refractivity contribution >= 4 is 34.1 Å². The minimum Gasteiger partial charge on any atom is -0.301 e. The largest absolute Gasteiger partial charge is 0.301 e. The second-order valence-corrected chi connectivity index (χ2v) is 6.31. The lowest BCUT2D eigenvalue weighted by Gasteiger charge is -2.01. The summed E-state index contributed by atoms with van der Waals surface area (Å²) in [5.41, 5.74) is 0.397. The summed E-state index contributed by atoms with van der Waals surface area (Å²) < 4.78 is 0. The number of rotatable bonds is 6. The molecule has 7 nitrogen and oxygen atoms in total. The van der Waals surface area contributed by atoms with Crippen LogP contribution in [-0.4, -0.2) is 31.8 Å². The smallest absolute Gasteiger partial charge is 0.251 e. The Balaban J connectivity index is 1.87. The molecule has 2 N–H and O–H groups in total. The third-order valence-electron chi connectivity index (χ3n) is 2.37. The van der Waals surface area contributed by atoms with Gasteiger partial charge in [-0.15, -0.1) is 10.2 Å². The van der Waals surface area contributed by atoms with Crippen LogP contribution in [0.25, 0.3) is 0 Å². The van der Waals surface area contributed by atoms with Gasteiger partial charge in [-0.25, -0.2) is 4.98 Å². The molecule has 0 saturated heterocycles. The van der Waals surface area contributed by atoms with Crippen LogP contribution in [0, 0.1) is 6.92 Å². The molecule has 2 aromatic rings. The highest BCUT2D eigenvalue weighted by atomic mass is 32.2. The summed E-state index contributed by atoms with van der Waals surface area (Å²) >= 11 is 2.55. The predicted octanol–water partition coefficient (Wildman–Crippen LogP) is 1.61. The Morgan fingerprint density at radius 1 is 1.48 bits per heavy atom. The van der Waals surface area contributed by atoms with Crippen molar-refractivity contribution in [3.8, 4) is 0 Å². The van der Waals surface area contributed by atoms with E-state index in [-0.39, 0.29) is 17.2 Å². The summed E-state index contributed by atoms with van der Waals surface area (Å²) in [5.74, 6) is -0.0573. The Kier molecular flexibility index (Phi) is 5.45. The van der Waals surface area contributed by atoms with Crippen LogP contribution in [0.4, 0.5) is 5.13 Å². The lowest BCUT2D eigenvalue weighted by molar-refractivity contribution is -0.113. The van der Waals surface area contributed by atoms with Crippen LogP contribution in [0.2, 0.25) is 0 Å². The van der Waals surface area contributed by atoms with Gasteiger partial charge in [0.1, 0.15) is 5.01 Å². The van der Waals surface area contributed by atoms with Gasteiger partial charge in [-0.3, -0.25) is 14.9 Å². The molecule has 112 valence electrons. The van der Waals surface area contributed by atoms with Crippen molar-refractivity contribution in [1.82, 2.24) is 20.2 Å². The molecule has 21 heavy (non-hydrogen) atoms. The van der Waals surface area contributed by atoms with Crippen LogP contribution < -0.4 is 10.9 Å². The lowest BCUT2D eigenvalue weighted by Crippen LogP contribution is -2.15. The molecule has 2 heterocycles. The summed E-state index contributed by atoms with van der Waals surface area (Å²) in [6, 6.07) is 1.40. The first kappa shape index (κ1) is 15.6. The average Bonchev–Trinajstić information content (AvgIpc) is 2.83. The number of aryl methyl sites for hydroxylation is 2. The number of hydrogen-bond acceptors (Lipinski definition) is 7. The lowest BCUT2D eigenvalue weighted by atomic mass is 10.4. The first-order chi connectivity index (χ1) is 10.1. The van der Waals surface area contributed by atoms with E-state index in [0.29, 0.717) is 16.0 Å². The zero-order valence-corrected chi connectivity index (χ0v) is 13.3. The maximum atomic E-state index is 11.8. The highest BCUT2D eigenvalue weighted by Crippen LogP contribution is 2.17. The fourth-order valence-electron chi connectivity index (χ4n) is 1.53. The van der Waals surface area contributed by atoms with E-state index in [2.05, 4.69) is 32.4 Å². The molecular formula is C12H15N5O2S2. The maximum absolute atomic E-state index is 11.8. The van der Waals surface area contributed by atoms with Crippen molar-refractivity contribution in [2.24, 2.45) is 0 Å². The quantitative estimate of drug-likeness (QED) is 0.618. The second-order valence-electron chi connectivity index (χ2n) is 4.28. The number of aromatic nitrogens is 4. The number of nitrogens with one attached hydrogen (secondary N) is 2. The van der Waals surface area contributed by atoms with Crippen molar-refractivity contribution < 1.29 is 4.79 Å². The number of carbonyl (C=O) groups excluding carboxylic acids is 1. The number of hydrogen-bond donors (Lipinski definition) is 2.